The molecule has 0 saturated carbocycles. The fraction of sp³-hybridized carbons (Fsp3) is 0.357. The van der Waals surface area contributed by atoms with Crippen molar-refractivity contribution in [3.63, 3.8) is 0 Å². The summed E-state index contributed by atoms with van der Waals surface area (Å²) in [6.45, 7) is 6.63. The summed E-state index contributed by atoms with van der Waals surface area (Å²) in [5.41, 5.74) is 3.42. The van der Waals surface area contributed by atoms with Gasteiger partial charge in [-0.2, -0.15) is 0 Å². The first kappa shape index (κ1) is 11.9. The molecule has 2 aromatic rings. The Bertz CT molecular complexity index is 517. The van der Waals surface area contributed by atoms with Gasteiger partial charge in [0.05, 0.1) is 12.6 Å². The Balaban J connectivity index is 2.17. The number of aliphatic hydroxyl groups is 1. The van der Waals surface area contributed by atoms with E-state index >= 15 is 0 Å². The minimum Gasteiger partial charge on any atom is -0.387 e. The molecule has 1 aromatic carbocycles. The molecule has 3 nitrogen and oxygen atoms in total. The van der Waals surface area contributed by atoms with Gasteiger partial charge < -0.3 is 9.67 Å². The van der Waals surface area contributed by atoms with E-state index in [1.165, 1.54) is 11.1 Å². The molecule has 0 aliphatic carbocycles. The van der Waals surface area contributed by atoms with Crippen LogP contribution < -0.4 is 0 Å². The third kappa shape index (κ3) is 2.56. The zero-order valence-corrected chi connectivity index (χ0v) is 10.5. The molecule has 0 aliphatic rings. The van der Waals surface area contributed by atoms with Crippen molar-refractivity contribution >= 4 is 0 Å². The van der Waals surface area contributed by atoms with Crippen molar-refractivity contribution < 1.29 is 5.11 Å². The molecule has 0 bridgehead atoms. The lowest BCUT2D eigenvalue weighted by Gasteiger charge is -2.14. The van der Waals surface area contributed by atoms with Crippen molar-refractivity contribution in [2.75, 3.05) is 0 Å². The van der Waals surface area contributed by atoms with Crippen LogP contribution in [0.15, 0.2) is 30.6 Å². The molecule has 0 radical (unpaired) electrons. The van der Waals surface area contributed by atoms with Crippen molar-refractivity contribution in [2.45, 2.75) is 33.4 Å². The summed E-state index contributed by atoms with van der Waals surface area (Å²) in [4.78, 5) is 4.15. The van der Waals surface area contributed by atoms with Gasteiger partial charge >= 0.3 is 0 Å². The fourth-order valence-electron chi connectivity index (χ4n) is 1.86. The summed E-state index contributed by atoms with van der Waals surface area (Å²) in [6.07, 6.45) is 3.16. The van der Waals surface area contributed by atoms with E-state index < -0.39 is 6.10 Å². The number of imidazole rings is 1. The molecule has 1 N–H and O–H groups in total. The molecule has 0 spiro atoms. The second-order valence-corrected chi connectivity index (χ2v) is 4.49. The van der Waals surface area contributed by atoms with Gasteiger partial charge in [0.2, 0.25) is 0 Å². The van der Waals surface area contributed by atoms with Crippen molar-refractivity contribution in [1.82, 2.24) is 9.55 Å². The van der Waals surface area contributed by atoms with Crippen LogP contribution in [0.3, 0.4) is 0 Å². The van der Waals surface area contributed by atoms with Crippen LogP contribution in [-0.4, -0.2) is 14.7 Å². The summed E-state index contributed by atoms with van der Waals surface area (Å²) in [5.74, 6) is 0.924. The van der Waals surface area contributed by atoms with Crippen molar-refractivity contribution in [1.29, 1.82) is 0 Å². The van der Waals surface area contributed by atoms with Gasteiger partial charge in [0, 0.05) is 12.4 Å². The molecule has 0 saturated heterocycles. The Morgan fingerprint density at radius 3 is 2.59 bits per heavy atom. The maximum Gasteiger partial charge on any atom is 0.105 e. The Hall–Kier alpha value is -1.61. The van der Waals surface area contributed by atoms with Gasteiger partial charge in [-0.05, 0) is 37.5 Å². The van der Waals surface area contributed by atoms with Crippen LogP contribution >= 0.6 is 0 Å². The summed E-state index contributed by atoms with van der Waals surface area (Å²) in [5, 5.41) is 10.2. The number of benzene rings is 1. The van der Waals surface area contributed by atoms with Gasteiger partial charge in [0.25, 0.3) is 0 Å². The van der Waals surface area contributed by atoms with E-state index in [1.54, 1.807) is 6.20 Å². The molecule has 17 heavy (non-hydrogen) atoms. The second-order valence-electron chi connectivity index (χ2n) is 4.49. The smallest absolute Gasteiger partial charge is 0.105 e. The monoisotopic (exact) mass is 230 g/mol. The Kier molecular flexibility index (Phi) is 3.29. The van der Waals surface area contributed by atoms with E-state index in [9.17, 15) is 5.11 Å². The molecule has 0 aliphatic heterocycles. The minimum atomic E-state index is -0.484. The van der Waals surface area contributed by atoms with E-state index in [1.807, 2.05) is 29.8 Å². The third-order valence-electron chi connectivity index (χ3n) is 3.21. The highest BCUT2D eigenvalue weighted by Crippen LogP contribution is 2.19. The second kappa shape index (κ2) is 4.72. The number of hydrogen-bond acceptors (Lipinski definition) is 2. The zero-order chi connectivity index (χ0) is 12.4. The SMILES string of the molecule is Cc1ccc(C(O)Cn2ccnc2C)cc1C. The molecular weight excluding hydrogens is 212 g/mol. The summed E-state index contributed by atoms with van der Waals surface area (Å²) < 4.78 is 1.96. The molecule has 1 unspecified atom stereocenters. The largest absolute Gasteiger partial charge is 0.387 e. The molecule has 2 rings (SSSR count). The molecule has 0 amide bonds. The summed E-state index contributed by atoms with van der Waals surface area (Å²) in [6, 6.07) is 6.08. The highest BCUT2D eigenvalue weighted by Gasteiger charge is 2.10. The number of rotatable bonds is 3. The lowest BCUT2D eigenvalue weighted by Crippen LogP contribution is -2.09. The van der Waals surface area contributed by atoms with E-state index in [0.29, 0.717) is 6.54 Å². The molecule has 1 atom stereocenters. The normalized spacial score (nSPS) is 12.7. The third-order valence-corrected chi connectivity index (χ3v) is 3.21. The lowest BCUT2D eigenvalue weighted by molar-refractivity contribution is 0.155. The number of aryl methyl sites for hydroxylation is 3. The first-order valence-corrected chi connectivity index (χ1v) is 5.81. The number of aromatic nitrogens is 2. The van der Waals surface area contributed by atoms with E-state index in [0.717, 1.165) is 11.4 Å². The number of aliphatic hydroxyl groups excluding tert-OH is 1. The van der Waals surface area contributed by atoms with Crippen molar-refractivity contribution in [3.05, 3.63) is 53.1 Å². The van der Waals surface area contributed by atoms with Gasteiger partial charge in [-0.15, -0.1) is 0 Å². The first-order chi connectivity index (χ1) is 8.08. The predicted octanol–water partition coefficient (Wildman–Crippen LogP) is 2.54. The van der Waals surface area contributed by atoms with Crippen LogP contribution in [-0.2, 0) is 6.54 Å². The Morgan fingerprint density at radius 2 is 2.00 bits per heavy atom. The molecule has 1 heterocycles. The van der Waals surface area contributed by atoms with Crippen LogP contribution in [0.25, 0.3) is 0 Å². The Labute approximate surface area is 102 Å². The van der Waals surface area contributed by atoms with Crippen LogP contribution in [0.5, 0.6) is 0 Å². The molecular formula is C14H18N2O. The van der Waals surface area contributed by atoms with Gasteiger partial charge in [-0.1, -0.05) is 18.2 Å². The maximum absolute atomic E-state index is 10.2. The van der Waals surface area contributed by atoms with Crippen LogP contribution in [0, 0.1) is 20.8 Å². The van der Waals surface area contributed by atoms with E-state index in [-0.39, 0.29) is 0 Å². The van der Waals surface area contributed by atoms with Crippen molar-refractivity contribution in [2.24, 2.45) is 0 Å². The highest BCUT2D eigenvalue weighted by atomic mass is 16.3. The van der Waals surface area contributed by atoms with Gasteiger partial charge in [-0.3, -0.25) is 0 Å². The summed E-state index contributed by atoms with van der Waals surface area (Å²) in [7, 11) is 0. The van der Waals surface area contributed by atoms with Crippen LogP contribution in [0.2, 0.25) is 0 Å². The van der Waals surface area contributed by atoms with Crippen molar-refractivity contribution in [3.8, 4) is 0 Å². The topological polar surface area (TPSA) is 38.0 Å². The lowest BCUT2D eigenvalue weighted by atomic mass is 10.0. The Morgan fingerprint density at radius 1 is 1.24 bits per heavy atom. The maximum atomic E-state index is 10.2. The zero-order valence-electron chi connectivity index (χ0n) is 10.5. The van der Waals surface area contributed by atoms with Crippen LogP contribution in [0.4, 0.5) is 0 Å². The average molecular weight is 230 g/mol. The standard InChI is InChI=1S/C14H18N2O/c1-10-4-5-13(8-11(10)2)14(17)9-16-7-6-15-12(16)3/h4-8,14,17H,9H2,1-3H3. The fourth-order valence-corrected chi connectivity index (χ4v) is 1.86. The minimum absolute atomic E-state index is 0.484. The number of nitrogens with zero attached hydrogens (tertiary/aromatic N) is 2. The van der Waals surface area contributed by atoms with Gasteiger partial charge in [-0.25, -0.2) is 4.98 Å². The molecule has 1 aromatic heterocycles. The molecule has 3 heteroatoms. The van der Waals surface area contributed by atoms with E-state index in [2.05, 4.69) is 24.9 Å². The quantitative estimate of drug-likeness (QED) is 0.880. The first-order valence-electron chi connectivity index (χ1n) is 5.81. The molecule has 90 valence electrons. The summed E-state index contributed by atoms with van der Waals surface area (Å²) >= 11 is 0. The van der Waals surface area contributed by atoms with E-state index in [4.69, 9.17) is 0 Å². The number of hydrogen-bond donors (Lipinski definition) is 1. The van der Waals surface area contributed by atoms with Gasteiger partial charge in [0.1, 0.15) is 5.82 Å². The van der Waals surface area contributed by atoms with Gasteiger partial charge in [0.15, 0.2) is 0 Å². The predicted molar refractivity (Wildman–Crippen MR) is 67.8 cm³/mol. The average Bonchev–Trinajstić information content (AvgIpc) is 2.68. The highest BCUT2D eigenvalue weighted by molar-refractivity contribution is 5.31. The molecule has 0 fully saturated rings. The van der Waals surface area contributed by atoms with Crippen LogP contribution in [0.1, 0.15) is 28.6 Å².